The lowest BCUT2D eigenvalue weighted by Gasteiger charge is -2.18. The highest BCUT2D eigenvalue weighted by molar-refractivity contribution is 6.37. The maximum atomic E-state index is 13.1. The molecule has 6 rings (SSSR count). The number of hydrogen-bond acceptors (Lipinski definition) is 3. The molecule has 196 valence electrons. The third kappa shape index (κ3) is 3.85. The molecule has 6 aromatic rings. The van der Waals surface area contributed by atoms with Crippen molar-refractivity contribution in [2.75, 3.05) is 0 Å². The minimum absolute atomic E-state index is 0.227. The minimum Gasteiger partial charge on any atom is -0.386 e. The van der Waals surface area contributed by atoms with Gasteiger partial charge in [0.1, 0.15) is 0 Å². The molecular weight excluding hydrogens is 535 g/mol. The lowest BCUT2D eigenvalue weighted by atomic mass is 9.92. The average Bonchev–Trinajstić information content (AvgIpc) is 3.41. The van der Waals surface area contributed by atoms with Gasteiger partial charge in [0.15, 0.2) is 0 Å². The molecule has 0 saturated carbocycles. The second kappa shape index (κ2) is 8.74. The van der Waals surface area contributed by atoms with Crippen LogP contribution >= 0.6 is 23.2 Å². The van der Waals surface area contributed by atoms with Crippen molar-refractivity contribution in [3.8, 4) is 16.8 Å². The van der Waals surface area contributed by atoms with Crippen LogP contribution in [0.2, 0.25) is 10.0 Å². The summed E-state index contributed by atoms with van der Waals surface area (Å²) in [6.07, 6.45) is 1.78. The summed E-state index contributed by atoms with van der Waals surface area (Å²) in [4.78, 5) is 28.9. The first-order valence-corrected chi connectivity index (χ1v) is 13.0. The summed E-state index contributed by atoms with van der Waals surface area (Å²) in [6.45, 7) is 5.35. The van der Waals surface area contributed by atoms with Crippen LogP contribution in [0.15, 0.2) is 71.7 Å². The molecule has 0 aliphatic rings. The first-order chi connectivity index (χ1) is 18.5. The molecule has 39 heavy (non-hydrogen) atoms. The summed E-state index contributed by atoms with van der Waals surface area (Å²) in [7, 11) is 0. The van der Waals surface area contributed by atoms with Crippen molar-refractivity contribution in [2.45, 2.75) is 26.4 Å². The van der Waals surface area contributed by atoms with Gasteiger partial charge in [-0.2, -0.15) is 0 Å². The van der Waals surface area contributed by atoms with E-state index in [9.17, 15) is 14.7 Å². The van der Waals surface area contributed by atoms with E-state index in [1.165, 1.54) is 6.07 Å². The molecule has 3 aromatic heterocycles. The molecule has 0 aliphatic heterocycles. The van der Waals surface area contributed by atoms with Gasteiger partial charge in [0, 0.05) is 39.1 Å². The Balaban J connectivity index is 1.70. The average molecular weight is 559 g/mol. The SMILES string of the molecule is Cc1c(-c2c(Cl)cc(C(N)=O)c3[nH]c4cc(C(C)(C)O)ccc4c23)cccc1-n1c(=O)cc2c(Cl)cccn21. The van der Waals surface area contributed by atoms with Crippen LogP contribution in [-0.4, -0.2) is 25.2 Å². The fraction of sp³-hybridized carbons (Fsp3) is 0.133. The number of fused-ring (bicyclic) bond motifs is 4. The minimum atomic E-state index is -1.06. The Kier molecular flexibility index (Phi) is 5.66. The Bertz CT molecular complexity index is 2040. The summed E-state index contributed by atoms with van der Waals surface area (Å²) in [5, 5.41) is 12.9. The number of pyridine rings is 1. The molecule has 0 fully saturated rings. The number of amides is 1. The molecular formula is C30H24Cl2N4O3. The van der Waals surface area contributed by atoms with Gasteiger partial charge < -0.3 is 15.8 Å². The molecule has 0 spiro atoms. The van der Waals surface area contributed by atoms with Crippen LogP contribution in [0, 0.1) is 6.92 Å². The van der Waals surface area contributed by atoms with Crippen molar-refractivity contribution >= 4 is 56.4 Å². The number of nitrogens with two attached hydrogens (primary N) is 1. The lowest BCUT2D eigenvalue weighted by molar-refractivity contribution is 0.0787. The van der Waals surface area contributed by atoms with Crippen molar-refractivity contribution in [1.29, 1.82) is 0 Å². The van der Waals surface area contributed by atoms with Crippen LogP contribution in [0.1, 0.15) is 35.3 Å². The Morgan fingerprint density at radius 1 is 1.03 bits per heavy atom. The number of halogens is 2. The van der Waals surface area contributed by atoms with E-state index in [2.05, 4.69) is 4.98 Å². The van der Waals surface area contributed by atoms with Crippen LogP contribution in [0.4, 0.5) is 0 Å². The normalized spacial score (nSPS) is 12.2. The van der Waals surface area contributed by atoms with Gasteiger partial charge >= 0.3 is 0 Å². The molecule has 0 unspecified atom stereocenters. The molecule has 3 heterocycles. The van der Waals surface area contributed by atoms with E-state index in [4.69, 9.17) is 28.9 Å². The number of rotatable bonds is 4. The lowest BCUT2D eigenvalue weighted by Crippen LogP contribution is -2.18. The predicted molar refractivity (Wildman–Crippen MR) is 156 cm³/mol. The molecule has 0 aliphatic carbocycles. The quantitative estimate of drug-likeness (QED) is 0.235. The number of carbonyl (C=O) groups excluding carboxylic acids is 1. The number of nitrogens with zero attached hydrogens (tertiary/aromatic N) is 2. The Labute approximate surface area is 233 Å². The van der Waals surface area contributed by atoms with Crippen molar-refractivity contribution in [3.05, 3.63) is 104 Å². The van der Waals surface area contributed by atoms with E-state index in [1.54, 1.807) is 47.4 Å². The van der Waals surface area contributed by atoms with Crippen LogP contribution < -0.4 is 11.3 Å². The van der Waals surface area contributed by atoms with Crippen molar-refractivity contribution < 1.29 is 9.90 Å². The van der Waals surface area contributed by atoms with E-state index < -0.39 is 11.5 Å². The standard InChI is InChI=1S/C30H24Cl2N4O3/c1-15-17(6-4-8-23(15)36-25(37)14-24-20(31)7-5-11-35(24)36)26-21(32)13-19(29(33)38)28-27(26)18-10-9-16(30(2,3)39)12-22(18)34-28/h4-14,34,39H,1-3H3,(H2,33,38). The van der Waals surface area contributed by atoms with Gasteiger partial charge in [-0.25, -0.2) is 4.68 Å². The summed E-state index contributed by atoms with van der Waals surface area (Å²) < 4.78 is 3.28. The number of carbonyl (C=O) groups is 1. The smallest absolute Gasteiger partial charge is 0.272 e. The summed E-state index contributed by atoms with van der Waals surface area (Å²) in [6, 6.07) is 17.9. The van der Waals surface area contributed by atoms with Crippen molar-refractivity contribution in [3.63, 3.8) is 0 Å². The highest BCUT2D eigenvalue weighted by atomic mass is 35.5. The van der Waals surface area contributed by atoms with Gasteiger partial charge in [-0.05, 0) is 67.8 Å². The summed E-state index contributed by atoms with van der Waals surface area (Å²) in [5.41, 5.74) is 10.3. The van der Waals surface area contributed by atoms with Crippen molar-refractivity contribution in [2.24, 2.45) is 5.73 Å². The fourth-order valence-electron chi connectivity index (χ4n) is 5.32. The molecule has 9 heteroatoms. The summed E-state index contributed by atoms with van der Waals surface area (Å²) in [5.74, 6) is -0.615. The molecule has 3 aromatic carbocycles. The number of benzene rings is 3. The second-order valence-corrected chi connectivity index (χ2v) is 11.0. The van der Waals surface area contributed by atoms with Crippen molar-refractivity contribution in [1.82, 2.24) is 14.2 Å². The van der Waals surface area contributed by atoms with Gasteiger partial charge in [-0.3, -0.25) is 14.1 Å². The molecule has 0 radical (unpaired) electrons. The first kappa shape index (κ1) is 25.2. The number of H-pyrrole nitrogens is 1. The monoisotopic (exact) mass is 558 g/mol. The molecule has 1 amide bonds. The predicted octanol–water partition coefficient (Wildman–Crippen LogP) is 6.33. The number of primary amides is 1. The highest BCUT2D eigenvalue weighted by Gasteiger charge is 2.24. The maximum absolute atomic E-state index is 13.1. The van der Waals surface area contributed by atoms with E-state index in [1.807, 2.05) is 43.3 Å². The third-order valence-corrected chi connectivity index (χ3v) is 7.87. The zero-order valence-electron chi connectivity index (χ0n) is 21.3. The first-order valence-electron chi connectivity index (χ1n) is 12.3. The molecule has 0 atom stereocenters. The number of hydrogen-bond donors (Lipinski definition) is 3. The van der Waals surface area contributed by atoms with Crippen LogP contribution in [0.25, 0.3) is 44.1 Å². The Hall–Kier alpha value is -4.04. The molecule has 0 saturated heterocycles. The van der Waals surface area contributed by atoms with E-state index in [0.29, 0.717) is 37.9 Å². The molecule has 0 bridgehead atoms. The van der Waals surface area contributed by atoms with E-state index >= 15 is 0 Å². The third-order valence-electron chi connectivity index (χ3n) is 7.25. The van der Waals surface area contributed by atoms with Gasteiger partial charge in [-0.1, -0.05) is 47.5 Å². The number of aromatic nitrogens is 3. The maximum Gasteiger partial charge on any atom is 0.272 e. The van der Waals surface area contributed by atoms with Gasteiger partial charge in [0.05, 0.1) is 32.9 Å². The number of aromatic amines is 1. The van der Waals surface area contributed by atoms with Gasteiger partial charge in [0.2, 0.25) is 0 Å². The Morgan fingerprint density at radius 3 is 2.51 bits per heavy atom. The fourth-order valence-corrected chi connectivity index (χ4v) is 5.84. The topological polar surface area (TPSA) is 106 Å². The van der Waals surface area contributed by atoms with Gasteiger partial charge in [0.25, 0.3) is 11.5 Å². The zero-order chi connectivity index (χ0) is 27.8. The number of aliphatic hydroxyl groups is 1. The molecule has 7 nitrogen and oxygen atoms in total. The molecule has 4 N–H and O–H groups in total. The Morgan fingerprint density at radius 2 is 1.79 bits per heavy atom. The highest BCUT2D eigenvalue weighted by Crippen LogP contribution is 2.43. The summed E-state index contributed by atoms with van der Waals surface area (Å²) >= 11 is 13.2. The van der Waals surface area contributed by atoms with E-state index in [0.717, 1.165) is 27.4 Å². The second-order valence-electron chi connectivity index (χ2n) is 10.2. The van der Waals surface area contributed by atoms with Gasteiger partial charge in [-0.15, -0.1) is 0 Å². The zero-order valence-corrected chi connectivity index (χ0v) is 22.9. The van der Waals surface area contributed by atoms with E-state index in [-0.39, 0.29) is 11.1 Å². The largest absolute Gasteiger partial charge is 0.386 e. The van der Waals surface area contributed by atoms with Crippen LogP contribution in [-0.2, 0) is 5.60 Å². The van der Waals surface area contributed by atoms with Crippen LogP contribution in [0.5, 0.6) is 0 Å². The van der Waals surface area contributed by atoms with Crippen LogP contribution in [0.3, 0.4) is 0 Å². The number of nitrogens with one attached hydrogen (secondary N) is 1.